The van der Waals surface area contributed by atoms with Crippen LogP contribution in [0.2, 0.25) is 0 Å². The van der Waals surface area contributed by atoms with E-state index in [1.807, 2.05) is 0 Å². The molecule has 1 aliphatic heterocycles. The van der Waals surface area contributed by atoms with Crippen molar-refractivity contribution >= 4 is 23.2 Å². The molecule has 0 spiro atoms. The quantitative estimate of drug-likeness (QED) is 0.539. The zero-order valence-corrected chi connectivity index (χ0v) is 9.29. The number of anilines is 2. The number of hydrogen-bond donors (Lipinski definition) is 2. The summed E-state index contributed by atoms with van der Waals surface area (Å²) in [4.78, 5) is 24.0. The average Bonchev–Trinajstić information content (AvgIpc) is 2.22. The van der Waals surface area contributed by atoms with Crippen molar-refractivity contribution < 1.29 is 14.0 Å². The van der Waals surface area contributed by atoms with Gasteiger partial charge in [0.05, 0.1) is 24.5 Å². The molecule has 0 unspecified atom stereocenters. The van der Waals surface area contributed by atoms with Crippen molar-refractivity contribution in [2.45, 2.75) is 6.92 Å². The molecule has 0 aromatic heterocycles. The Morgan fingerprint density at radius 2 is 1.88 bits per heavy atom. The molecular weight excluding hydrogens is 225 g/mol. The van der Waals surface area contributed by atoms with Crippen molar-refractivity contribution in [3.63, 3.8) is 0 Å². The van der Waals surface area contributed by atoms with Crippen LogP contribution < -0.4 is 16.0 Å². The van der Waals surface area contributed by atoms with Crippen molar-refractivity contribution in [2.24, 2.45) is 0 Å². The normalized spacial score (nSPS) is 16.0. The summed E-state index contributed by atoms with van der Waals surface area (Å²) in [6, 6.07) is 2.73. The third-order valence-corrected chi connectivity index (χ3v) is 2.60. The second-order valence-electron chi connectivity index (χ2n) is 3.99. The number of aryl methyl sites for hydroxylation is 1. The van der Waals surface area contributed by atoms with E-state index in [9.17, 15) is 14.0 Å². The van der Waals surface area contributed by atoms with E-state index in [4.69, 9.17) is 5.73 Å². The van der Waals surface area contributed by atoms with Crippen LogP contribution in [0.25, 0.3) is 0 Å². The lowest BCUT2D eigenvalue weighted by atomic mass is 10.1. The van der Waals surface area contributed by atoms with E-state index in [1.165, 1.54) is 17.0 Å². The summed E-state index contributed by atoms with van der Waals surface area (Å²) < 4.78 is 13.2. The summed E-state index contributed by atoms with van der Waals surface area (Å²) in [5, 5.41) is 2.19. The van der Waals surface area contributed by atoms with Gasteiger partial charge in [0, 0.05) is 0 Å². The van der Waals surface area contributed by atoms with Crippen LogP contribution >= 0.6 is 0 Å². The fourth-order valence-corrected chi connectivity index (χ4v) is 1.76. The number of piperazine rings is 1. The third kappa shape index (κ3) is 2.20. The van der Waals surface area contributed by atoms with Crippen molar-refractivity contribution in [3.8, 4) is 0 Å². The number of carbonyl (C=O) groups excluding carboxylic acids is 2. The van der Waals surface area contributed by atoms with E-state index in [0.717, 1.165) is 0 Å². The van der Waals surface area contributed by atoms with Gasteiger partial charge in [-0.3, -0.25) is 14.9 Å². The number of nitrogens with zero attached hydrogens (tertiary/aromatic N) is 1. The van der Waals surface area contributed by atoms with E-state index in [-0.39, 0.29) is 30.6 Å². The highest BCUT2D eigenvalue weighted by Crippen LogP contribution is 2.26. The summed E-state index contributed by atoms with van der Waals surface area (Å²) in [5.74, 6) is -1.18. The predicted octanol–water partition coefficient (Wildman–Crippen LogP) is 0.179. The Kier molecular flexibility index (Phi) is 2.71. The largest absolute Gasteiger partial charge is 0.397 e. The highest BCUT2D eigenvalue weighted by atomic mass is 19.1. The zero-order valence-electron chi connectivity index (χ0n) is 9.29. The zero-order chi connectivity index (χ0) is 12.6. The highest BCUT2D eigenvalue weighted by molar-refractivity contribution is 6.03. The Bertz CT molecular complexity index is 486. The fourth-order valence-electron chi connectivity index (χ4n) is 1.76. The molecule has 2 rings (SSSR count). The summed E-state index contributed by atoms with van der Waals surface area (Å²) in [6.45, 7) is 1.69. The van der Waals surface area contributed by atoms with E-state index >= 15 is 0 Å². The lowest BCUT2D eigenvalue weighted by molar-refractivity contribution is -0.130. The Labute approximate surface area is 97.4 Å². The van der Waals surface area contributed by atoms with Crippen molar-refractivity contribution in [3.05, 3.63) is 23.5 Å². The SMILES string of the molecule is Cc1cc(N2CC(=O)NC(=O)C2)c(N)cc1F. The molecule has 6 heteroatoms. The van der Waals surface area contributed by atoms with E-state index < -0.39 is 5.82 Å². The minimum absolute atomic E-state index is 0.0427. The van der Waals surface area contributed by atoms with Crippen LogP contribution in [0.5, 0.6) is 0 Å². The van der Waals surface area contributed by atoms with Gasteiger partial charge in [0.1, 0.15) is 5.82 Å². The lowest BCUT2D eigenvalue weighted by Gasteiger charge is -2.28. The molecule has 0 bridgehead atoms. The maximum atomic E-state index is 13.2. The Balaban J connectivity index is 2.36. The third-order valence-electron chi connectivity index (χ3n) is 2.60. The van der Waals surface area contributed by atoms with Gasteiger partial charge in [0.15, 0.2) is 0 Å². The second-order valence-corrected chi connectivity index (χ2v) is 3.99. The first kappa shape index (κ1) is 11.4. The maximum absolute atomic E-state index is 13.2. The average molecular weight is 237 g/mol. The van der Waals surface area contributed by atoms with Crippen LogP contribution in [0, 0.1) is 12.7 Å². The van der Waals surface area contributed by atoms with Crippen LogP contribution in [-0.2, 0) is 9.59 Å². The first-order valence-electron chi connectivity index (χ1n) is 5.10. The standard InChI is InChI=1S/C11H12FN3O2/c1-6-2-9(8(13)3-7(6)12)15-4-10(16)14-11(17)5-15/h2-3H,4-5,13H2,1H3,(H,14,16,17). The lowest BCUT2D eigenvalue weighted by Crippen LogP contribution is -2.51. The molecule has 3 N–H and O–H groups in total. The molecule has 0 radical (unpaired) electrons. The number of halogens is 1. The monoisotopic (exact) mass is 237 g/mol. The van der Waals surface area contributed by atoms with Gasteiger partial charge >= 0.3 is 0 Å². The summed E-state index contributed by atoms with van der Waals surface area (Å²) in [7, 11) is 0. The number of hydrogen-bond acceptors (Lipinski definition) is 4. The van der Waals surface area contributed by atoms with Crippen LogP contribution in [0.4, 0.5) is 15.8 Å². The molecule has 90 valence electrons. The molecule has 2 amide bonds. The summed E-state index contributed by atoms with van der Waals surface area (Å²) >= 11 is 0. The topological polar surface area (TPSA) is 75.4 Å². The molecule has 1 aromatic carbocycles. The summed E-state index contributed by atoms with van der Waals surface area (Å²) in [5.41, 5.74) is 6.84. The molecule has 1 aliphatic rings. The van der Waals surface area contributed by atoms with Gasteiger partial charge in [-0.15, -0.1) is 0 Å². The maximum Gasteiger partial charge on any atom is 0.246 e. The van der Waals surface area contributed by atoms with Gasteiger partial charge in [-0.25, -0.2) is 4.39 Å². The van der Waals surface area contributed by atoms with E-state index in [0.29, 0.717) is 11.3 Å². The number of nitrogens with one attached hydrogen (secondary N) is 1. The van der Waals surface area contributed by atoms with Gasteiger partial charge < -0.3 is 10.6 Å². The Hall–Kier alpha value is -2.11. The molecule has 5 nitrogen and oxygen atoms in total. The molecule has 0 aliphatic carbocycles. The van der Waals surface area contributed by atoms with Crippen molar-refractivity contribution in [1.82, 2.24) is 5.32 Å². The minimum Gasteiger partial charge on any atom is -0.397 e. The predicted molar refractivity (Wildman–Crippen MR) is 60.9 cm³/mol. The van der Waals surface area contributed by atoms with Gasteiger partial charge in [-0.05, 0) is 24.6 Å². The first-order chi connectivity index (χ1) is 7.97. The van der Waals surface area contributed by atoms with Crippen molar-refractivity contribution in [1.29, 1.82) is 0 Å². The molecule has 1 fully saturated rings. The smallest absolute Gasteiger partial charge is 0.246 e. The molecular formula is C11H12FN3O2. The summed E-state index contributed by atoms with van der Waals surface area (Å²) in [6.07, 6.45) is 0. The molecule has 1 saturated heterocycles. The second kappa shape index (κ2) is 4.04. The van der Waals surface area contributed by atoms with E-state index in [1.54, 1.807) is 6.92 Å². The van der Waals surface area contributed by atoms with Gasteiger partial charge in [0.2, 0.25) is 11.8 Å². The van der Waals surface area contributed by atoms with Gasteiger partial charge in [-0.1, -0.05) is 0 Å². The molecule has 17 heavy (non-hydrogen) atoms. The fraction of sp³-hybridized carbons (Fsp3) is 0.273. The van der Waals surface area contributed by atoms with Crippen molar-refractivity contribution in [2.75, 3.05) is 23.7 Å². The number of carbonyl (C=O) groups is 2. The number of benzene rings is 1. The van der Waals surface area contributed by atoms with Gasteiger partial charge in [-0.2, -0.15) is 0 Å². The minimum atomic E-state index is -0.404. The number of rotatable bonds is 1. The number of imide groups is 1. The molecule has 0 saturated carbocycles. The number of nitrogen functional groups attached to an aromatic ring is 1. The number of nitrogens with two attached hydrogens (primary N) is 1. The number of amides is 2. The van der Waals surface area contributed by atoms with Crippen LogP contribution in [0.3, 0.4) is 0 Å². The molecule has 1 heterocycles. The van der Waals surface area contributed by atoms with Crippen LogP contribution in [0.1, 0.15) is 5.56 Å². The highest BCUT2D eigenvalue weighted by Gasteiger charge is 2.24. The van der Waals surface area contributed by atoms with Crippen LogP contribution in [0.15, 0.2) is 12.1 Å². The van der Waals surface area contributed by atoms with Crippen LogP contribution in [-0.4, -0.2) is 24.9 Å². The Morgan fingerprint density at radius 3 is 2.47 bits per heavy atom. The molecule has 1 aromatic rings. The van der Waals surface area contributed by atoms with Gasteiger partial charge in [0.25, 0.3) is 0 Å². The first-order valence-corrected chi connectivity index (χ1v) is 5.10. The van der Waals surface area contributed by atoms with E-state index in [2.05, 4.69) is 5.32 Å². The Morgan fingerprint density at radius 1 is 1.29 bits per heavy atom. The molecule has 0 atom stereocenters.